The Hall–Kier alpha value is -0.960. The van der Waals surface area contributed by atoms with E-state index in [0.29, 0.717) is 4.88 Å². The highest BCUT2D eigenvalue weighted by Crippen LogP contribution is 2.26. The second-order valence-electron chi connectivity index (χ2n) is 3.60. The summed E-state index contributed by atoms with van der Waals surface area (Å²) in [6.07, 6.45) is 0. The molecule has 2 aromatic rings. The molecule has 0 saturated heterocycles. The van der Waals surface area contributed by atoms with Crippen LogP contribution in [0, 0.1) is 5.82 Å². The van der Waals surface area contributed by atoms with Gasteiger partial charge in [0.2, 0.25) is 0 Å². The van der Waals surface area contributed by atoms with E-state index in [1.807, 2.05) is 0 Å². The summed E-state index contributed by atoms with van der Waals surface area (Å²) in [6.45, 7) is -0.346. The first-order valence-corrected chi connectivity index (χ1v) is 8.25. The second kappa shape index (κ2) is 5.58. The molecule has 19 heavy (non-hydrogen) atoms. The van der Waals surface area contributed by atoms with Crippen molar-refractivity contribution in [3.05, 3.63) is 44.8 Å². The Morgan fingerprint density at radius 2 is 2.11 bits per heavy atom. The quantitative estimate of drug-likeness (QED) is 0.875. The molecule has 2 N–H and O–H groups in total. The number of sulfonamides is 1. The third kappa shape index (κ3) is 3.14. The zero-order valence-electron chi connectivity index (χ0n) is 9.43. The molecule has 0 unspecified atom stereocenters. The molecule has 8 heteroatoms. The highest BCUT2D eigenvalue weighted by Gasteiger charge is 2.19. The van der Waals surface area contributed by atoms with Gasteiger partial charge >= 0.3 is 0 Å². The molecule has 1 aromatic heterocycles. The van der Waals surface area contributed by atoms with E-state index in [1.165, 1.54) is 18.2 Å². The number of nitrogens with one attached hydrogen (secondary N) is 1. The molecule has 0 aliphatic heterocycles. The zero-order chi connectivity index (χ0) is 14.0. The Morgan fingerprint density at radius 3 is 2.74 bits per heavy atom. The minimum atomic E-state index is -3.79. The summed E-state index contributed by atoms with van der Waals surface area (Å²) in [7, 11) is -3.79. The first kappa shape index (κ1) is 14.4. The van der Waals surface area contributed by atoms with Crippen molar-refractivity contribution in [2.24, 2.45) is 0 Å². The van der Waals surface area contributed by atoms with E-state index in [9.17, 15) is 12.8 Å². The summed E-state index contributed by atoms with van der Waals surface area (Å²) in [4.78, 5) is 0.383. The molecule has 0 saturated carbocycles. The van der Waals surface area contributed by atoms with Crippen LogP contribution >= 0.6 is 27.3 Å². The van der Waals surface area contributed by atoms with Crippen LogP contribution in [0.5, 0.6) is 0 Å². The van der Waals surface area contributed by atoms with Crippen LogP contribution in [0.25, 0.3) is 0 Å². The van der Waals surface area contributed by atoms with Gasteiger partial charge in [-0.2, -0.15) is 0 Å². The van der Waals surface area contributed by atoms with Crippen LogP contribution in [0.4, 0.5) is 10.1 Å². The highest BCUT2D eigenvalue weighted by molar-refractivity contribution is 9.10. The number of thiophene rings is 1. The van der Waals surface area contributed by atoms with Crippen molar-refractivity contribution >= 4 is 43.0 Å². The van der Waals surface area contributed by atoms with Gasteiger partial charge in [-0.1, -0.05) is 0 Å². The molecule has 2 rings (SSSR count). The van der Waals surface area contributed by atoms with Gasteiger partial charge in [0.05, 0.1) is 21.6 Å². The molecule has 0 amide bonds. The van der Waals surface area contributed by atoms with Crippen LogP contribution in [-0.4, -0.2) is 13.5 Å². The predicted octanol–water partition coefficient (Wildman–Crippen LogP) is 2.94. The van der Waals surface area contributed by atoms with Crippen molar-refractivity contribution in [2.45, 2.75) is 11.5 Å². The van der Waals surface area contributed by atoms with Crippen molar-refractivity contribution in [1.82, 2.24) is 0 Å². The van der Waals surface area contributed by atoms with Crippen molar-refractivity contribution < 1.29 is 17.9 Å². The zero-order valence-corrected chi connectivity index (χ0v) is 12.6. The third-order valence-electron chi connectivity index (χ3n) is 2.31. The van der Waals surface area contributed by atoms with E-state index in [4.69, 9.17) is 5.11 Å². The number of hydrogen-bond acceptors (Lipinski definition) is 4. The normalized spacial score (nSPS) is 11.5. The fraction of sp³-hybridized carbons (Fsp3) is 0.0909. The molecule has 0 atom stereocenters. The Balaban J connectivity index is 2.34. The SMILES string of the molecule is O=S(=O)(Nc1ccc(F)c(Br)c1)c1ccsc1CO. The summed E-state index contributed by atoms with van der Waals surface area (Å²) in [6, 6.07) is 5.22. The maximum Gasteiger partial charge on any atom is 0.263 e. The molecule has 0 fully saturated rings. The van der Waals surface area contributed by atoms with Gasteiger partial charge in [0, 0.05) is 0 Å². The summed E-state index contributed by atoms with van der Waals surface area (Å²) in [5.41, 5.74) is 0.239. The predicted molar refractivity (Wildman–Crippen MR) is 75.2 cm³/mol. The van der Waals surface area contributed by atoms with Gasteiger partial charge in [-0.3, -0.25) is 4.72 Å². The number of benzene rings is 1. The van der Waals surface area contributed by atoms with E-state index < -0.39 is 15.8 Å². The Bertz CT molecular complexity index is 700. The van der Waals surface area contributed by atoms with Crippen LogP contribution in [0.3, 0.4) is 0 Å². The van der Waals surface area contributed by atoms with Gasteiger partial charge in [-0.25, -0.2) is 12.8 Å². The summed E-state index contributed by atoms with van der Waals surface area (Å²) in [5, 5.41) is 10.7. The van der Waals surface area contributed by atoms with E-state index in [1.54, 1.807) is 5.38 Å². The van der Waals surface area contributed by atoms with Crippen molar-refractivity contribution in [3.63, 3.8) is 0 Å². The van der Waals surface area contributed by atoms with Gasteiger partial charge in [0.1, 0.15) is 10.7 Å². The van der Waals surface area contributed by atoms with Gasteiger partial charge in [0.25, 0.3) is 10.0 Å². The molecular formula is C11H9BrFNO3S2. The Kier molecular flexibility index (Phi) is 4.24. The van der Waals surface area contributed by atoms with Crippen molar-refractivity contribution in [3.8, 4) is 0 Å². The van der Waals surface area contributed by atoms with Crippen molar-refractivity contribution in [1.29, 1.82) is 0 Å². The Labute approximate surface area is 122 Å². The number of aliphatic hydroxyl groups is 1. The van der Waals surface area contributed by atoms with Crippen LogP contribution in [0.15, 0.2) is 39.0 Å². The highest BCUT2D eigenvalue weighted by atomic mass is 79.9. The van der Waals surface area contributed by atoms with Gasteiger partial charge < -0.3 is 5.11 Å². The number of anilines is 1. The van der Waals surface area contributed by atoms with Crippen LogP contribution in [0.2, 0.25) is 0 Å². The molecular weight excluding hydrogens is 357 g/mol. The molecule has 1 aromatic carbocycles. The number of halogens is 2. The average molecular weight is 366 g/mol. The lowest BCUT2D eigenvalue weighted by Crippen LogP contribution is -2.13. The van der Waals surface area contributed by atoms with E-state index in [2.05, 4.69) is 20.7 Å². The lowest BCUT2D eigenvalue weighted by Gasteiger charge is -2.08. The largest absolute Gasteiger partial charge is 0.391 e. The first-order valence-electron chi connectivity index (χ1n) is 5.09. The summed E-state index contributed by atoms with van der Waals surface area (Å²) < 4.78 is 39.8. The van der Waals surface area contributed by atoms with E-state index in [0.717, 1.165) is 17.4 Å². The van der Waals surface area contributed by atoms with E-state index >= 15 is 0 Å². The number of hydrogen-bond donors (Lipinski definition) is 2. The van der Waals surface area contributed by atoms with Gasteiger partial charge in [-0.15, -0.1) is 11.3 Å². The molecule has 4 nitrogen and oxygen atoms in total. The van der Waals surface area contributed by atoms with Gasteiger partial charge in [0.15, 0.2) is 0 Å². The second-order valence-corrected chi connectivity index (χ2v) is 7.11. The molecule has 0 aliphatic carbocycles. The minimum absolute atomic E-state index is 0.0282. The molecule has 1 heterocycles. The molecule has 102 valence electrons. The van der Waals surface area contributed by atoms with Crippen LogP contribution in [0.1, 0.15) is 4.88 Å². The van der Waals surface area contributed by atoms with Crippen molar-refractivity contribution in [2.75, 3.05) is 4.72 Å². The fourth-order valence-corrected chi connectivity index (χ4v) is 4.18. The summed E-state index contributed by atoms with van der Waals surface area (Å²) in [5.74, 6) is -0.477. The topological polar surface area (TPSA) is 66.4 Å². The third-order valence-corrected chi connectivity index (χ3v) is 5.42. The molecule has 0 aliphatic rings. The smallest absolute Gasteiger partial charge is 0.263 e. The molecule has 0 spiro atoms. The number of aliphatic hydroxyl groups excluding tert-OH is 1. The lowest BCUT2D eigenvalue weighted by atomic mass is 10.3. The maximum atomic E-state index is 13.1. The molecule has 0 bridgehead atoms. The Morgan fingerprint density at radius 1 is 1.37 bits per heavy atom. The van der Waals surface area contributed by atoms with E-state index in [-0.39, 0.29) is 21.7 Å². The van der Waals surface area contributed by atoms with Crippen LogP contribution < -0.4 is 4.72 Å². The standard InChI is InChI=1S/C11H9BrFNO3S2/c12-8-5-7(1-2-9(8)13)14-19(16,17)11-3-4-18-10(11)6-15/h1-5,14-15H,6H2. The average Bonchev–Trinajstić information content (AvgIpc) is 2.82. The monoisotopic (exact) mass is 365 g/mol. The fourth-order valence-electron chi connectivity index (χ4n) is 1.45. The molecule has 0 radical (unpaired) electrons. The maximum absolute atomic E-state index is 13.1. The summed E-state index contributed by atoms with van der Waals surface area (Å²) >= 11 is 4.14. The first-order chi connectivity index (χ1) is 8.94. The lowest BCUT2D eigenvalue weighted by molar-refractivity contribution is 0.282. The number of rotatable bonds is 4. The van der Waals surface area contributed by atoms with Crippen LogP contribution in [-0.2, 0) is 16.6 Å². The minimum Gasteiger partial charge on any atom is -0.391 e. The van der Waals surface area contributed by atoms with Gasteiger partial charge in [-0.05, 0) is 45.6 Å².